The molecule has 0 unspecified atom stereocenters. The number of alkyl halides is 3. The van der Waals surface area contributed by atoms with Crippen molar-refractivity contribution in [2.24, 2.45) is 23.7 Å². The second kappa shape index (κ2) is 12.3. The number of fused-ring (bicyclic) bond motifs is 4. The van der Waals surface area contributed by atoms with Crippen LogP contribution in [0.25, 0.3) is 6.08 Å². The van der Waals surface area contributed by atoms with Crippen LogP contribution in [0.15, 0.2) is 90.5 Å². The Kier molecular flexibility index (Phi) is 8.32. The zero-order chi connectivity index (χ0) is 34.8. The molecule has 0 aromatic heterocycles. The number of methoxy groups -OCH3 is 1. The number of allylic oxidation sites excluding steroid dienone is 3. The minimum atomic E-state index is -1.92. The normalized spacial score (nSPS) is 29.2. The smallest absolute Gasteiger partial charge is 0.254 e. The summed E-state index contributed by atoms with van der Waals surface area (Å²) in [5.41, 5.74) is 2.40. The summed E-state index contributed by atoms with van der Waals surface area (Å²) in [4.78, 5) is 67.2. The summed E-state index contributed by atoms with van der Waals surface area (Å²) in [7, 11) is 1.42. The van der Waals surface area contributed by atoms with Crippen LogP contribution in [0, 0.1) is 23.7 Å². The van der Waals surface area contributed by atoms with Crippen molar-refractivity contribution in [3.8, 4) is 11.5 Å². The number of anilines is 1. The molecule has 3 aromatic rings. The monoisotopic (exact) mass is 762 g/mol. The molecule has 0 radical (unpaired) electrons. The molecule has 9 nitrogen and oxygen atoms in total. The van der Waals surface area contributed by atoms with Crippen molar-refractivity contribution in [2.75, 3.05) is 17.5 Å². The minimum absolute atomic E-state index is 0.0528. The van der Waals surface area contributed by atoms with Crippen molar-refractivity contribution in [3.05, 3.63) is 107 Å². The molecule has 7 rings (SSSR count). The fraction of sp³-hybridized carbons (Fsp3) is 0.270. The Labute approximate surface area is 300 Å². The van der Waals surface area contributed by atoms with Crippen LogP contribution in [-0.4, -0.2) is 61.7 Å². The van der Waals surface area contributed by atoms with Crippen LogP contribution in [0.5, 0.6) is 11.5 Å². The third-order valence-electron chi connectivity index (χ3n) is 10.2. The van der Waals surface area contributed by atoms with Gasteiger partial charge in [0, 0.05) is 17.0 Å². The number of carbonyl (C=O) groups is 5. The lowest BCUT2D eigenvalue weighted by Crippen LogP contribution is -2.60. The minimum Gasteiger partial charge on any atom is -0.504 e. The Morgan fingerprint density at radius 2 is 1.65 bits per heavy atom. The first-order valence-corrected chi connectivity index (χ1v) is 17.5. The molecule has 1 saturated carbocycles. The maximum Gasteiger partial charge on any atom is 0.254 e. The van der Waals surface area contributed by atoms with E-state index in [1.165, 1.54) is 13.2 Å². The fourth-order valence-corrected chi connectivity index (χ4v) is 9.16. The van der Waals surface area contributed by atoms with Crippen molar-refractivity contribution < 1.29 is 33.8 Å². The van der Waals surface area contributed by atoms with Gasteiger partial charge in [0.2, 0.25) is 11.8 Å². The quantitative estimate of drug-likeness (QED) is 0.102. The highest BCUT2D eigenvalue weighted by molar-refractivity contribution is 9.09. The molecule has 3 fully saturated rings. The van der Waals surface area contributed by atoms with Crippen LogP contribution in [0.2, 0.25) is 0 Å². The van der Waals surface area contributed by atoms with E-state index < -0.39 is 57.0 Å². The number of imide groups is 2. The number of halogens is 3. The first kappa shape index (κ1) is 33.3. The zero-order valence-electron chi connectivity index (χ0n) is 26.0. The molecule has 2 aliphatic heterocycles. The molecular formula is C37H29BrCl2N2O7. The number of phenols is 1. The van der Waals surface area contributed by atoms with E-state index in [1.54, 1.807) is 72.8 Å². The van der Waals surface area contributed by atoms with Crippen LogP contribution in [0.3, 0.4) is 0 Å². The van der Waals surface area contributed by atoms with E-state index in [-0.39, 0.29) is 35.6 Å². The second-order valence-corrected chi connectivity index (χ2v) is 14.3. The molecular weight excluding hydrogens is 735 g/mol. The summed E-state index contributed by atoms with van der Waals surface area (Å²) < 4.78 is 5.24. The van der Waals surface area contributed by atoms with Crippen molar-refractivity contribution >= 4 is 80.3 Å². The predicted molar refractivity (Wildman–Crippen MR) is 187 cm³/mol. The summed E-state index contributed by atoms with van der Waals surface area (Å²) in [5.74, 6) is -5.37. The summed E-state index contributed by atoms with van der Waals surface area (Å²) in [6, 6.07) is 19.8. The number of amides is 4. The van der Waals surface area contributed by atoms with Gasteiger partial charge >= 0.3 is 0 Å². The molecule has 2 aliphatic carbocycles. The first-order valence-electron chi connectivity index (χ1n) is 15.6. The third kappa shape index (κ3) is 4.90. The van der Waals surface area contributed by atoms with E-state index in [1.807, 2.05) is 12.1 Å². The number of ketones is 1. The Morgan fingerprint density at radius 1 is 0.959 bits per heavy atom. The highest BCUT2D eigenvalue weighted by atomic mass is 79.9. The molecule has 4 aliphatic rings. The van der Waals surface area contributed by atoms with Gasteiger partial charge in [0.05, 0.1) is 30.1 Å². The summed E-state index contributed by atoms with van der Waals surface area (Å²) in [5, 5.41) is 10.1. The van der Waals surface area contributed by atoms with Gasteiger partial charge in [0.1, 0.15) is 0 Å². The molecule has 49 heavy (non-hydrogen) atoms. The number of rotatable bonds is 7. The number of phenolic OH excluding ortho intramolecular Hbond substituents is 1. The Morgan fingerprint density at radius 3 is 2.33 bits per heavy atom. The molecule has 250 valence electrons. The standard InChI is InChI=1S/C37H29BrCl2N2O7/c1-49-29-17-20(8-16-28(29)43)7-15-27-24-13-14-25-30(26(24)18-36(39)34(47)41(19-38)35(48)37(27,36)40)33(46)42(32(25)45)23-11-9-22(10-12-23)31(44)21-5-3-2-4-6-21/h2-13,15-17,25-27,30,43H,14,18-19H2,1H3/t25-,26+,27-,30-,36+,37-/m0/s1. The lowest BCUT2D eigenvalue weighted by molar-refractivity contribution is -0.138. The van der Waals surface area contributed by atoms with Gasteiger partial charge in [-0.3, -0.25) is 33.8 Å². The number of benzene rings is 3. The van der Waals surface area contributed by atoms with E-state index >= 15 is 0 Å². The highest BCUT2D eigenvalue weighted by Crippen LogP contribution is 2.63. The van der Waals surface area contributed by atoms with Crippen molar-refractivity contribution in [3.63, 3.8) is 0 Å². The number of hydrogen-bond donors (Lipinski definition) is 1. The van der Waals surface area contributed by atoms with Crippen LogP contribution in [0.1, 0.15) is 34.3 Å². The van der Waals surface area contributed by atoms with Gasteiger partial charge < -0.3 is 9.84 Å². The summed E-state index contributed by atoms with van der Waals surface area (Å²) in [6.07, 6.45) is 5.33. The molecule has 2 heterocycles. The molecule has 4 amide bonds. The number of hydrogen-bond acceptors (Lipinski definition) is 7. The van der Waals surface area contributed by atoms with E-state index in [9.17, 15) is 29.1 Å². The van der Waals surface area contributed by atoms with E-state index in [0.717, 1.165) is 9.80 Å². The fourth-order valence-electron chi connectivity index (χ4n) is 7.78. The average Bonchev–Trinajstić information content (AvgIpc) is 3.45. The maximum atomic E-state index is 14.3. The Balaban J connectivity index is 1.26. The van der Waals surface area contributed by atoms with Crippen LogP contribution < -0.4 is 9.64 Å². The van der Waals surface area contributed by atoms with Gasteiger partial charge in [-0.15, -0.1) is 23.2 Å². The van der Waals surface area contributed by atoms with E-state index in [2.05, 4.69) is 15.9 Å². The SMILES string of the molecule is COc1cc(C=C[C@H]2C3=CC[C@@H]4C(=O)N(c5ccc(C(=O)c6ccccc6)cc5)C(=O)[C@@H]4[C@@H]3C[C@@]3(Cl)C(=O)N(CBr)C(=O)[C@@]23Cl)ccc1O. The predicted octanol–water partition coefficient (Wildman–Crippen LogP) is 6.09. The summed E-state index contributed by atoms with van der Waals surface area (Å²) >= 11 is 17.7. The average molecular weight is 764 g/mol. The number of ether oxygens (including phenoxy) is 1. The van der Waals surface area contributed by atoms with Crippen molar-refractivity contribution in [2.45, 2.75) is 22.6 Å². The van der Waals surface area contributed by atoms with Gasteiger partial charge in [0.25, 0.3) is 11.8 Å². The molecule has 0 bridgehead atoms. The van der Waals surface area contributed by atoms with Gasteiger partial charge in [0.15, 0.2) is 27.0 Å². The second-order valence-electron chi connectivity index (χ2n) is 12.6. The maximum absolute atomic E-state index is 14.3. The number of aromatic hydroxyl groups is 1. The highest BCUT2D eigenvalue weighted by Gasteiger charge is 2.75. The number of likely N-dealkylation sites (tertiary alicyclic amines) is 1. The Bertz CT molecular complexity index is 1980. The molecule has 2 saturated heterocycles. The van der Waals surface area contributed by atoms with Gasteiger partial charge in [-0.05, 0) is 60.7 Å². The Hall–Kier alpha value is -4.25. The number of nitrogens with zero attached hydrogens (tertiary/aromatic N) is 2. The van der Waals surface area contributed by atoms with Gasteiger partial charge in [-0.25, -0.2) is 0 Å². The largest absolute Gasteiger partial charge is 0.504 e. The summed E-state index contributed by atoms with van der Waals surface area (Å²) in [6.45, 7) is 0. The van der Waals surface area contributed by atoms with Gasteiger partial charge in [-0.2, -0.15) is 0 Å². The number of carbonyl (C=O) groups excluding carboxylic acids is 5. The lowest BCUT2D eigenvalue weighted by atomic mass is 9.57. The van der Waals surface area contributed by atoms with E-state index in [4.69, 9.17) is 27.9 Å². The molecule has 3 aromatic carbocycles. The van der Waals surface area contributed by atoms with Crippen molar-refractivity contribution in [1.29, 1.82) is 0 Å². The molecule has 0 spiro atoms. The van der Waals surface area contributed by atoms with Crippen LogP contribution in [-0.2, 0) is 19.2 Å². The zero-order valence-corrected chi connectivity index (χ0v) is 29.1. The molecule has 12 heteroatoms. The van der Waals surface area contributed by atoms with E-state index in [0.29, 0.717) is 28.0 Å². The van der Waals surface area contributed by atoms with Crippen LogP contribution in [0.4, 0.5) is 5.69 Å². The molecule has 6 atom stereocenters. The third-order valence-corrected chi connectivity index (χ3v) is 12.1. The van der Waals surface area contributed by atoms with Gasteiger partial charge in [-0.1, -0.05) is 76.1 Å². The van der Waals surface area contributed by atoms with Crippen molar-refractivity contribution in [1.82, 2.24) is 4.90 Å². The topological polar surface area (TPSA) is 121 Å². The lowest BCUT2D eigenvalue weighted by Gasteiger charge is -2.49. The molecule has 1 N–H and O–H groups in total. The first-order chi connectivity index (χ1) is 23.5. The van der Waals surface area contributed by atoms with Crippen LogP contribution >= 0.6 is 39.1 Å².